The van der Waals surface area contributed by atoms with E-state index in [1.165, 1.54) is 11.1 Å². The predicted octanol–water partition coefficient (Wildman–Crippen LogP) is 4.63. The number of hydrogen-bond donors (Lipinski definition) is 1. The standard InChI is InChI=1S/C18H22ClNO/c1-13(12-16-6-4-5-7-18(16)21-3)20-14(2)15-8-10-17(19)11-9-15/h4-11,13-14,20H,12H2,1-3H3. The van der Waals surface area contributed by atoms with E-state index in [1.807, 2.05) is 30.3 Å². The van der Waals surface area contributed by atoms with Crippen LogP contribution in [-0.4, -0.2) is 13.2 Å². The molecule has 0 fully saturated rings. The highest BCUT2D eigenvalue weighted by Gasteiger charge is 2.12. The fourth-order valence-corrected chi connectivity index (χ4v) is 2.66. The molecule has 0 saturated heterocycles. The number of benzene rings is 2. The van der Waals surface area contributed by atoms with Crippen LogP contribution in [0, 0.1) is 0 Å². The Balaban J connectivity index is 1.97. The van der Waals surface area contributed by atoms with E-state index in [2.05, 4.69) is 37.4 Å². The summed E-state index contributed by atoms with van der Waals surface area (Å²) < 4.78 is 5.41. The quantitative estimate of drug-likeness (QED) is 0.840. The van der Waals surface area contributed by atoms with Crippen LogP contribution in [0.2, 0.25) is 5.02 Å². The van der Waals surface area contributed by atoms with Gasteiger partial charge >= 0.3 is 0 Å². The molecule has 21 heavy (non-hydrogen) atoms. The highest BCUT2D eigenvalue weighted by atomic mass is 35.5. The van der Waals surface area contributed by atoms with Gasteiger partial charge in [0.05, 0.1) is 7.11 Å². The predicted molar refractivity (Wildman–Crippen MR) is 89.2 cm³/mol. The summed E-state index contributed by atoms with van der Waals surface area (Å²) in [6.45, 7) is 4.36. The number of methoxy groups -OCH3 is 1. The lowest BCUT2D eigenvalue weighted by atomic mass is 10.0. The molecule has 0 aliphatic rings. The zero-order chi connectivity index (χ0) is 15.2. The van der Waals surface area contributed by atoms with Crippen LogP contribution in [-0.2, 0) is 6.42 Å². The first-order valence-electron chi connectivity index (χ1n) is 7.23. The van der Waals surface area contributed by atoms with Gasteiger partial charge in [0.25, 0.3) is 0 Å². The first-order valence-corrected chi connectivity index (χ1v) is 7.61. The molecule has 0 radical (unpaired) electrons. The molecule has 0 saturated carbocycles. The Bertz CT molecular complexity index is 568. The largest absolute Gasteiger partial charge is 0.496 e. The van der Waals surface area contributed by atoms with Gasteiger partial charge < -0.3 is 10.1 Å². The first kappa shape index (κ1) is 15.9. The third-order valence-corrected chi connectivity index (χ3v) is 3.88. The summed E-state index contributed by atoms with van der Waals surface area (Å²) in [5.74, 6) is 0.949. The van der Waals surface area contributed by atoms with Crippen LogP contribution < -0.4 is 10.1 Å². The van der Waals surface area contributed by atoms with Gasteiger partial charge in [-0.15, -0.1) is 0 Å². The van der Waals surface area contributed by atoms with Crippen molar-refractivity contribution in [3.8, 4) is 5.75 Å². The molecule has 0 spiro atoms. The van der Waals surface area contributed by atoms with Crippen molar-refractivity contribution in [2.45, 2.75) is 32.4 Å². The second-order valence-electron chi connectivity index (χ2n) is 5.36. The Labute approximate surface area is 132 Å². The Morgan fingerprint density at radius 2 is 1.71 bits per heavy atom. The van der Waals surface area contributed by atoms with Crippen molar-refractivity contribution in [1.29, 1.82) is 0 Å². The summed E-state index contributed by atoms with van der Waals surface area (Å²) in [5, 5.41) is 4.39. The number of para-hydroxylation sites is 1. The van der Waals surface area contributed by atoms with Crippen LogP contribution in [0.4, 0.5) is 0 Å². The highest BCUT2D eigenvalue weighted by Crippen LogP contribution is 2.21. The summed E-state index contributed by atoms with van der Waals surface area (Å²) >= 11 is 5.93. The van der Waals surface area contributed by atoms with Gasteiger partial charge in [0, 0.05) is 17.1 Å². The van der Waals surface area contributed by atoms with E-state index in [-0.39, 0.29) is 6.04 Å². The van der Waals surface area contributed by atoms with E-state index in [4.69, 9.17) is 16.3 Å². The van der Waals surface area contributed by atoms with Crippen LogP contribution in [0.25, 0.3) is 0 Å². The lowest BCUT2D eigenvalue weighted by molar-refractivity contribution is 0.403. The van der Waals surface area contributed by atoms with Crippen molar-refractivity contribution in [2.24, 2.45) is 0 Å². The van der Waals surface area contributed by atoms with E-state index in [9.17, 15) is 0 Å². The molecule has 2 nitrogen and oxygen atoms in total. The number of halogens is 1. The van der Waals surface area contributed by atoms with Gasteiger partial charge in [-0.05, 0) is 49.6 Å². The number of ether oxygens (including phenoxy) is 1. The van der Waals surface area contributed by atoms with Gasteiger partial charge in [-0.2, -0.15) is 0 Å². The normalized spacial score (nSPS) is 13.7. The SMILES string of the molecule is COc1ccccc1CC(C)NC(C)c1ccc(Cl)cc1. The molecule has 1 N–H and O–H groups in total. The minimum atomic E-state index is 0.284. The highest BCUT2D eigenvalue weighted by molar-refractivity contribution is 6.30. The molecule has 0 aromatic heterocycles. The van der Waals surface area contributed by atoms with Crippen molar-refractivity contribution < 1.29 is 4.74 Å². The Morgan fingerprint density at radius 3 is 2.38 bits per heavy atom. The second-order valence-corrected chi connectivity index (χ2v) is 5.79. The Kier molecular flexibility index (Phi) is 5.66. The van der Waals surface area contributed by atoms with E-state index < -0.39 is 0 Å². The monoisotopic (exact) mass is 303 g/mol. The smallest absolute Gasteiger partial charge is 0.122 e. The first-order chi connectivity index (χ1) is 10.1. The molecule has 0 heterocycles. The topological polar surface area (TPSA) is 21.3 Å². The zero-order valence-corrected chi connectivity index (χ0v) is 13.5. The minimum Gasteiger partial charge on any atom is -0.496 e. The van der Waals surface area contributed by atoms with Gasteiger partial charge in [-0.1, -0.05) is 41.9 Å². The van der Waals surface area contributed by atoms with Gasteiger partial charge in [0.2, 0.25) is 0 Å². The molecule has 2 aromatic rings. The fraction of sp³-hybridized carbons (Fsp3) is 0.333. The average Bonchev–Trinajstić information content (AvgIpc) is 2.48. The molecule has 2 unspecified atom stereocenters. The van der Waals surface area contributed by atoms with Crippen LogP contribution >= 0.6 is 11.6 Å². The molecule has 112 valence electrons. The van der Waals surface area contributed by atoms with E-state index in [0.29, 0.717) is 6.04 Å². The summed E-state index contributed by atoms with van der Waals surface area (Å²) in [5.41, 5.74) is 2.47. The van der Waals surface area contributed by atoms with Gasteiger partial charge in [-0.3, -0.25) is 0 Å². The van der Waals surface area contributed by atoms with Crippen molar-refractivity contribution in [3.05, 3.63) is 64.7 Å². The molecule has 2 atom stereocenters. The Morgan fingerprint density at radius 1 is 1.05 bits per heavy atom. The molecule has 3 heteroatoms. The molecule has 0 bridgehead atoms. The molecule has 2 rings (SSSR count). The van der Waals surface area contributed by atoms with Crippen molar-refractivity contribution >= 4 is 11.6 Å². The van der Waals surface area contributed by atoms with Crippen LogP contribution in [0.3, 0.4) is 0 Å². The Hall–Kier alpha value is -1.51. The minimum absolute atomic E-state index is 0.284. The second kappa shape index (κ2) is 7.48. The molecule has 2 aromatic carbocycles. The molecular weight excluding hydrogens is 282 g/mol. The van der Waals surface area contributed by atoms with Gasteiger partial charge in [0.15, 0.2) is 0 Å². The maximum atomic E-state index is 5.93. The number of rotatable bonds is 6. The van der Waals surface area contributed by atoms with Crippen LogP contribution in [0.1, 0.15) is 31.0 Å². The van der Waals surface area contributed by atoms with Crippen LogP contribution in [0.15, 0.2) is 48.5 Å². The third kappa shape index (κ3) is 4.48. The maximum absolute atomic E-state index is 5.93. The summed E-state index contributed by atoms with van der Waals surface area (Å²) in [7, 11) is 1.72. The van der Waals surface area contributed by atoms with Crippen molar-refractivity contribution in [2.75, 3.05) is 7.11 Å². The molecule has 0 aliphatic carbocycles. The van der Waals surface area contributed by atoms with Crippen molar-refractivity contribution in [3.63, 3.8) is 0 Å². The number of nitrogens with one attached hydrogen (secondary N) is 1. The van der Waals surface area contributed by atoms with Gasteiger partial charge in [0.1, 0.15) is 5.75 Å². The molecule has 0 amide bonds. The zero-order valence-electron chi connectivity index (χ0n) is 12.8. The summed E-state index contributed by atoms with van der Waals surface area (Å²) in [4.78, 5) is 0. The lowest BCUT2D eigenvalue weighted by Crippen LogP contribution is -2.30. The maximum Gasteiger partial charge on any atom is 0.122 e. The van der Waals surface area contributed by atoms with Crippen LogP contribution in [0.5, 0.6) is 5.75 Å². The average molecular weight is 304 g/mol. The molecule has 0 aliphatic heterocycles. The van der Waals surface area contributed by atoms with Crippen molar-refractivity contribution in [1.82, 2.24) is 5.32 Å². The van der Waals surface area contributed by atoms with E-state index in [1.54, 1.807) is 7.11 Å². The number of hydrogen-bond acceptors (Lipinski definition) is 2. The third-order valence-electron chi connectivity index (χ3n) is 3.62. The summed E-state index contributed by atoms with van der Waals surface area (Å²) in [6.07, 6.45) is 0.932. The molecular formula is C18H22ClNO. The van der Waals surface area contributed by atoms with E-state index >= 15 is 0 Å². The van der Waals surface area contributed by atoms with Gasteiger partial charge in [-0.25, -0.2) is 0 Å². The van der Waals surface area contributed by atoms with E-state index in [0.717, 1.165) is 17.2 Å². The fourth-order valence-electron chi connectivity index (χ4n) is 2.53. The lowest BCUT2D eigenvalue weighted by Gasteiger charge is -2.21. The summed E-state index contributed by atoms with van der Waals surface area (Å²) in [6, 6.07) is 16.8.